The SMILES string of the molecule is C=CCCC1(C(=O)NCN)CCn2c(nnc2C(COCC2=CCC=CC=C2)NC(=O)C(C)NC)C1. The molecule has 0 fully saturated rings. The van der Waals surface area contributed by atoms with Crippen LogP contribution in [-0.2, 0) is 27.3 Å². The fourth-order valence-electron chi connectivity index (χ4n) is 4.51. The summed E-state index contributed by atoms with van der Waals surface area (Å²) in [6.07, 6.45) is 15.3. The summed E-state index contributed by atoms with van der Waals surface area (Å²) in [5, 5.41) is 17.7. The number of nitrogens with one attached hydrogen (secondary N) is 3. The van der Waals surface area contributed by atoms with Crippen LogP contribution < -0.4 is 21.7 Å². The predicted octanol–water partition coefficient (Wildman–Crippen LogP) is 1.43. The van der Waals surface area contributed by atoms with Gasteiger partial charge in [0.15, 0.2) is 5.82 Å². The van der Waals surface area contributed by atoms with Crippen LogP contribution in [0.3, 0.4) is 0 Å². The third kappa shape index (κ3) is 6.77. The number of hydrogen-bond acceptors (Lipinski definition) is 7. The molecule has 0 aromatic carbocycles. The largest absolute Gasteiger partial charge is 0.374 e. The highest BCUT2D eigenvalue weighted by molar-refractivity contribution is 5.83. The quantitative estimate of drug-likeness (QED) is 0.239. The predicted molar refractivity (Wildman–Crippen MR) is 139 cm³/mol. The van der Waals surface area contributed by atoms with Gasteiger partial charge in [0.05, 0.1) is 31.3 Å². The number of aromatic nitrogens is 3. The van der Waals surface area contributed by atoms with Crippen molar-refractivity contribution in [2.75, 3.05) is 26.9 Å². The maximum Gasteiger partial charge on any atom is 0.237 e. The lowest BCUT2D eigenvalue weighted by Gasteiger charge is -2.36. The van der Waals surface area contributed by atoms with Gasteiger partial charge in [0.1, 0.15) is 11.9 Å². The van der Waals surface area contributed by atoms with E-state index in [1.54, 1.807) is 14.0 Å². The second kappa shape index (κ2) is 13.3. The number of hydrogen-bond donors (Lipinski definition) is 4. The molecule has 1 aliphatic heterocycles. The Morgan fingerprint density at radius 1 is 1.36 bits per heavy atom. The van der Waals surface area contributed by atoms with Crippen LogP contribution in [0.2, 0.25) is 0 Å². The smallest absolute Gasteiger partial charge is 0.237 e. The first-order chi connectivity index (χ1) is 17.4. The highest BCUT2D eigenvalue weighted by atomic mass is 16.5. The molecule has 2 heterocycles. The normalized spacial score (nSPS) is 20.6. The fourth-order valence-corrected chi connectivity index (χ4v) is 4.51. The van der Waals surface area contributed by atoms with Gasteiger partial charge in [-0.25, -0.2) is 0 Å². The zero-order valence-corrected chi connectivity index (χ0v) is 21.3. The second-order valence-corrected chi connectivity index (χ2v) is 9.26. The van der Waals surface area contributed by atoms with E-state index in [4.69, 9.17) is 10.5 Å². The molecule has 1 aromatic heterocycles. The average molecular weight is 498 g/mol. The summed E-state index contributed by atoms with van der Waals surface area (Å²) in [4.78, 5) is 25.7. The van der Waals surface area contributed by atoms with Crippen molar-refractivity contribution >= 4 is 11.8 Å². The summed E-state index contributed by atoms with van der Waals surface area (Å²) < 4.78 is 8.04. The third-order valence-corrected chi connectivity index (χ3v) is 6.82. The van der Waals surface area contributed by atoms with Crippen LogP contribution in [0.4, 0.5) is 0 Å². The van der Waals surface area contributed by atoms with Crippen molar-refractivity contribution in [3.8, 4) is 0 Å². The lowest BCUT2D eigenvalue weighted by molar-refractivity contribution is -0.132. The number of rotatable bonds is 13. The molecule has 36 heavy (non-hydrogen) atoms. The first kappa shape index (κ1) is 27.5. The summed E-state index contributed by atoms with van der Waals surface area (Å²) in [5.41, 5.74) is 6.06. The van der Waals surface area contributed by atoms with Crippen LogP contribution in [0.1, 0.15) is 50.3 Å². The number of carbonyl (C=O) groups is 2. The van der Waals surface area contributed by atoms with Crippen molar-refractivity contribution in [1.82, 2.24) is 30.7 Å². The van der Waals surface area contributed by atoms with E-state index in [2.05, 4.69) is 44.9 Å². The lowest BCUT2D eigenvalue weighted by Crippen LogP contribution is -2.48. The Labute approximate surface area is 213 Å². The van der Waals surface area contributed by atoms with Crippen molar-refractivity contribution in [2.24, 2.45) is 11.1 Å². The van der Waals surface area contributed by atoms with Gasteiger partial charge in [-0.3, -0.25) is 9.59 Å². The molecule has 0 saturated heterocycles. The van der Waals surface area contributed by atoms with Crippen LogP contribution in [0.5, 0.6) is 0 Å². The molecular weight excluding hydrogens is 458 g/mol. The van der Waals surface area contributed by atoms with Gasteiger partial charge >= 0.3 is 0 Å². The van der Waals surface area contributed by atoms with E-state index in [1.807, 2.05) is 28.9 Å². The van der Waals surface area contributed by atoms with E-state index in [0.717, 1.165) is 12.0 Å². The van der Waals surface area contributed by atoms with Gasteiger partial charge in [-0.1, -0.05) is 36.5 Å². The Bertz CT molecular complexity index is 1010. The number of amides is 2. The lowest BCUT2D eigenvalue weighted by atomic mass is 9.74. The number of likely N-dealkylation sites (N-methyl/N-ethyl adjacent to an activating group) is 1. The molecule has 0 radical (unpaired) electrons. The molecule has 1 aromatic rings. The summed E-state index contributed by atoms with van der Waals surface area (Å²) in [5.74, 6) is 1.12. The highest BCUT2D eigenvalue weighted by Gasteiger charge is 2.42. The Morgan fingerprint density at radius 2 is 2.19 bits per heavy atom. The minimum Gasteiger partial charge on any atom is -0.374 e. The Hall–Kier alpha value is -3.08. The van der Waals surface area contributed by atoms with Crippen LogP contribution in [0.25, 0.3) is 0 Å². The van der Waals surface area contributed by atoms with Gasteiger partial charge in [0.2, 0.25) is 11.8 Å². The van der Waals surface area contributed by atoms with E-state index in [0.29, 0.717) is 50.5 Å². The van der Waals surface area contributed by atoms with E-state index in [-0.39, 0.29) is 31.1 Å². The van der Waals surface area contributed by atoms with Gasteiger partial charge in [-0.05, 0) is 45.2 Å². The minimum atomic E-state index is -0.615. The monoisotopic (exact) mass is 497 g/mol. The number of allylic oxidation sites excluding steroid dienone is 5. The first-order valence-electron chi connectivity index (χ1n) is 12.5. The van der Waals surface area contributed by atoms with Gasteiger partial charge in [0, 0.05) is 13.0 Å². The molecule has 0 saturated carbocycles. The van der Waals surface area contributed by atoms with E-state index in [9.17, 15) is 9.59 Å². The molecule has 3 atom stereocenters. The van der Waals surface area contributed by atoms with Gasteiger partial charge < -0.3 is 31.0 Å². The summed E-state index contributed by atoms with van der Waals surface area (Å²) >= 11 is 0. The Morgan fingerprint density at radius 3 is 2.94 bits per heavy atom. The minimum absolute atomic E-state index is 0.0714. The van der Waals surface area contributed by atoms with Crippen LogP contribution in [0, 0.1) is 5.41 Å². The van der Waals surface area contributed by atoms with Gasteiger partial charge in [-0.15, -0.1) is 16.8 Å². The van der Waals surface area contributed by atoms with Gasteiger partial charge in [0.25, 0.3) is 0 Å². The van der Waals surface area contributed by atoms with Crippen molar-refractivity contribution < 1.29 is 14.3 Å². The maximum absolute atomic E-state index is 13.0. The van der Waals surface area contributed by atoms with E-state index >= 15 is 0 Å². The molecule has 3 rings (SSSR count). The maximum atomic E-state index is 13.0. The summed E-state index contributed by atoms with van der Waals surface area (Å²) in [6, 6.07) is -0.858. The topological polar surface area (TPSA) is 136 Å². The number of nitrogens with zero attached hydrogens (tertiary/aromatic N) is 3. The molecule has 196 valence electrons. The molecule has 5 N–H and O–H groups in total. The molecular formula is C26H39N7O3. The first-order valence-corrected chi connectivity index (χ1v) is 12.5. The van der Waals surface area contributed by atoms with Crippen molar-refractivity contribution in [1.29, 1.82) is 0 Å². The highest BCUT2D eigenvalue weighted by Crippen LogP contribution is 2.38. The second-order valence-electron chi connectivity index (χ2n) is 9.26. The molecule has 10 heteroatoms. The zero-order valence-electron chi connectivity index (χ0n) is 21.3. The van der Waals surface area contributed by atoms with Crippen LogP contribution in [0.15, 0.2) is 48.6 Å². The zero-order chi connectivity index (χ0) is 26.0. The number of fused-ring (bicyclic) bond motifs is 1. The van der Waals surface area contributed by atoms with Crippen molar-refractivity contribution in [3.05, 3.63) is 60.3 Å². The van der Waals surface area contributed by atoms with Crippen molar-refractivity contribution in [3.63, 3.8) is 0 Å². The Kier molecular flexibility index (Phi) is 10.2. The standard InChI is InChI=1S/C26H39N7O3/c1-4-5-12-26(25(35)29-18-27)13-14-33-22(15-26)31-32-23(33)21(30-24(34)19(2)28-3)17-36-16-20-10-8-6-7-9-11-20/h4,6-8,10-11,19,21,28H,1,5,9,12-18,27H2,2-3H3,(H,29,35)(H,30,34). The fraction of sp³-hybridized carbons (Fsp3) is 0.538. The Balaban J connectivity index is 1.80. The van der Waals surface area contributed by atoms with E-state index in [1.165, 1.54) is 0 Å². The molecule has 0 spiro atoms. The van der Waals surface area contributed by atoms with Crippen LogP contribution in [-0.4, -0.2) is 59.6 Å². The van der Waals surface area contributed by atoms with Gasteiger partial charge in [-0.2, -0.15) is 0 Å². The number of nitrogens with two attached hydrogens (primary N) is 1. The third-order valence-electron chi connectivity index (χ3n) is 6.82. The number of carbonyl (C=O) groups excluding carboxylic acids is 2. The summed E-state index contributed by atoms with van der Waals surface area (Å²) in [7, 11) is 1.74. The molecule has 1 aliphatic carbocycles. The van der Waals surface area contributed by atoms with Crippen molar-refractivity contribution in [2.45, 2.75) is 57.7 Å². The molecule has 0 bridgehead atoms. The average Bonchev–Trinajstić information content (AvgIpc) is 3.12. The molecule has 10 nitrogen and oxygen atoms in total. The molecule has 2 amide bonds. The van der Waals surface area contributed by atoms with Crippen LogP contribution >= 0.6 is 0 Å². The number of ether oxygens (including phenoxy) is 1. The van der Waals surface area contributed by atoms with E-state index < -0.39 is 11.5 Å². The molecule has 2 aliphatic rings. The summed E-state index contributed by atoms with van der Waals surface area (Å²) in [6.45, 7) is 6.92. The molecule has 3 unspecified atom stereocenters.